The summed E-state index contributed by atoms with van der Waals surface area (Å²) in [5.74, 6) is -1.30. The Balaban J connectivity index is 1.47. The van der Waals surface area contributed by atoms with E-state index >= 15 is 0 Å². The maximum absolute atomic E-state index is 13.6. The van der Waals surface area contributed by atoms with Gasteiger partial charge in [0.05, 0.1) is 0 Å². The van der Waals surface area contributed by atoms with Gasteiger partial charge in [-0.15, -0.1) is 0 Å². The number of nitrogens with one attached hydrogen (secondary N) is 1. The van der Waals surface area contributed by atoms with Crippen LogP contribution in [0.3, 0.4) is 0 Å². The Morgan fingerprint density at radius 3 is 2.55 bits per heavy atom. The number of ether oxygens (including phenoxy) is 1. The second-order valence-corrected chi connectivity index (χ2v) is 10.4. The number of hydrogen-bond acceptors (Lipinski definition) is 5. The lowest BCUT2D eigenvalue weighted by molar-refractivity contribution is -0.147. The van der Waals surface area contributed by atoms with E-state index in [-0.39, 0.29) is 42.4 Å². The highest BCUT2D eigenvalue weighted by Crippen LogP contribution is 2.23. The number of benzene rings is 2. The predicted molar refractivity (Wildman–Crippen MR) is 142 cm³/mol. The minimum atomic E-state index is -1.01. The lowest BCUT2D eigenvalue weighted by Crippen LogP contribution is -2.41. The fourth-order valence-electron chi connectivity index (χ4n) is 4.72. The number of aliphatic carboxylic acids is 1. The summed E-state index contributed by atoms with van der Waals surface area (Å²) in [5, 5.41) is 12.2. The van der Waals surface area contributed by atoms with Crippen LogP contribution in [0.2, 0.25) is 0 Å². The Labute approximate surface area is 223 Å². The first-order chi connectivity index (χ1) is 18.0. The summed E-state index contributed by atoms with van der Waals surface area (Å²) in [6.07, 6.45) is 1.41. The van der Waals surface area contributed by atoms with E-state index in [4.69, 9.17) is 10.5 Å². The number of carbonyl (C=O) groups excluding carboxylic acids is 2. The van der Waals surface area contributed by atoms with E-state index < -0.39 is 18.1 Å². The summed E-state index contributed by atoms with van der Waals surface area (Å²) in [6, 6.07) is 10.9. The van der Waals surface area contributed by atoms with Crippen molar-refractivity contribution in [2.75, 3.05) is 6.54 Å². The van der Waals surface area contributed by atoms with Crippen LogP contribution in [0, 0.1) is 18.7 Å². The van der Waals surface area contributed by atoms with Crippen LogP contribution in [0.5, 0.6) is 5.75 Å². The molecule has 1 aliphatic heterocycles. The van der Waals surface area contributed by atoms with Crippen molar-refractivity contribution in [2.24, 2.45) is 11.7 Å². The van der Waals surface area contributed by atoms with Gasteiger partial charge in [-0.25, -0.2) is 9.18 Å². The van der Waals surface area contributed by atoms with Gasteiger partial charge < -0.3 is 25.8 Å². The summed E-state index contributed by atoms with van der Waals surface area (Å²) in [4.78, 5) is 38.7. The summed E-state index contributed by atoms with van der Waals surface area (Å²) in [6.45, 7) is 6.36. The average Bonchev–Trinajstić information content (AvgIpc) is 3.32. The van der Waals surface area contributed by atoms with Crippen LogP contribution in [0.25, 0.3) is 0 Å². The molecule has 0 aromatic heterocycles. The monoisotopic (exact) mass is 527 g/mol. The van der Waals surface area contributed by atoms with Crippen molar-refractivity contribution >= 4 is 17.8 Å². The molecule has 2 aromatic carbocycles. The highest BCUT2D eigenvalue weighted by atomic mass is 19.1. The molecule has 0 bridgehead atoms. The Hall–Kier alpha value is -3.46. The maximum Gasteiger partial charge on any atom is 0.345 e. The molecular formula is C29H38FN3O5. The summed E-state index contributed by atoms with van der Waals surface area (Å²) >= 11 is 0. The minimum Gasteiger partial charge on any atom is -0.478 e. The van der Waals surface area contributed by atoms with Gasteiger partial charge in [0.1, 0.15) is 11.6 Å². The van der Waals surface area contributed by atoms with Gasteiger partial charge in [-0.3, -0.25) is 9.59 Å². The lowest BCUT2D eigenvalue weighted by atomic mass is 9.99. The number of likely N-dealkylation sites (tertiary alicyclic amines) is 1. The van der Waals surface area contributed by atoms with Crippen molar-refractivity contribution < 1.29 is 28.6 Å². The van der Waals surface area contributed by atoms with Gasteiger partial charge in [0.2, 0.25) is 11.8 Å². The number of aryl methyl sites for hydroxylation is 1. The van der Waals surface area contributed by atoms with Crippen molar-refractivity contribution in [2.45, 2.75) is 77.6 Å². The third-order valence-corrected chi connectivity index (χ3v) is 6.87. The zero-order valence-corrected chi connectivity index (χ0v) is 22.3. The van der Waals surface area contributed by atoms with E-state index in [1.807, 2.05) is 6.92 Å². The smallest absolute Gasteiger partial charge is 0.345 e. The molecular weight excluding hydrogens is 489 g/mol. The van der Waals surface area contributed by atoms with Gasteiger partial charge in [-0.1, -0.05) is 32.0 Å². The van der Waals surface area contributed by atoms with Crippen LogP contribution in [0.1, 0.15) is 56.2 Å². The van der Waals surface area contributed by atoms with Gasteiger partial charge >= 0.3 is 5.97 Å². The minimum absolute atomic E-state index is 0.0847. The molecule has 1 aliphatic rings. The van der Waals surface area contributed by atoms with Gasteiger partial charge in [0.25, 0.3) is 0 Å². The van der Waals surface area contributed by atoms with Crippen molar-refractivity contribution in [1.29, 1.82) is 0 Å². The third kappa shape index (κ3) is 8.28. The Morgan fingerprint density at radius 1 is 1.18 bits per heavy atom. The number of carbonyl (C=O) groups is 3. The molecule has 2 amide bonds. The lowest BCUT2D eigenvalue weighted by Gasteiger charge is -2.26. The van der Waals surface area contributed by atoms with Gasteiger partial charge in [0, 0.05) is 43.9 Å². The van der Waals surface area contributed by atoms with E-state index in [0.29, 0.717) is 25.3 Å². The van der Waals surface area contributed by atoms with Crippen LogP contribution >= 0.6 is 0 Å². The number of halogens is 1. The molecule has 0 radical (unpaired) electrons. The SMILES string of the molecule is Cc1ccc(F)cc1C[C@@H](N)CC(=O)N1CCC[C@H]1CC(=O)NCc1ccc(O[C@@H](C(=O)O)C(C)C)cc1. The second-order valence-electron chi connectivity index (χ2n) is 10.4. The normalized spacial score (nSPS) is 16.8. The van der Waals surface area contributed by atoms with Crippen LogP contribution in [-0.4, -0.2) is 52.5 Å². The molecule has 8 nitrogen and oxygen atoms in total. The number of carboxylic acid groups (broad SMARTS) is 1. The van der Waals surface area contributed by atoms with Crippen LogP contribution in [-0.2, 0) is 27.3 Å². The van der Waals surface area contributed by atoms with Crippen LogP contribution in [0.15, 0.2) is 42.5 Å². The number of amides is 2. The Morgan fingerprint density at radius 2 is 1.89 bits per heavy atom. The third-order valence-electron chi connectivity index (χ3n) is 6.87. The van der Waals surface area contributed by atoms with Gasteiger partial charge in [-0.05, 0) is 67.1 Å². The van der Waals surface area contributed by atoms with Crippen molar-refractivity contribution in [3.63, 3.8) is 0 Å². The van der Waals surface area contributed by atoms with Gasteiger partial charge in [0.15, 0.2) is 6.10 Å². The van der Waals surface area contributed by atoms with E-state index in [2.05, 4.69) is 5.32 Å². The molecule has 0 aliphatic carbocycles. The molecule has 3 atom stereocenters. The zero-order valence-electron chi connectivity index (χ0n) is 22.3. The van der Waals surface area contributed by atoms with Gasteiger partial charge in [-0.2, -0.15) is 0 Å². The highest BCUT2D eigenvalue weighted by molar-refractivity contribution is 5.80. The molecule has 0 unspecified atom stereocenters. The molecule has 38 heavy (non-hydrogen) atoms. The first-order valence-electron chi connectivity index (χ1n) is 13.1. The molecule has 9 heteroatoms. The van der Waals surface area contributed by atoms with E-state index in [1.165, 1.54) is 12.1 Å². The van der Waals surface area contributed by atoms with E-state index in [0.717, 1.165) is 29.5 Å². The molecule has 0 saturated carbocycles. The molecule has 2 aromatic rings. The molecule has 0 spiro atoms. The summed E-state index contributed by atoms with van der Waals surface area (Å²) in [5.41, 5.74) is 8.81. The molecule has 206 valence electrons. The number of nitrogens with two attached hydrogens (primary N) is 1. The van der Waals surface area contributed by atoms with E-state index in [9.17, 15) is 23.9 Å². The molecule has 1 saturated heterocycles. The standard InChI is InChI=1S/C29H38FN3O5/c1-18(2)28(29(36)37)38-25-10-7-20(8-11-25)17-32-26(34)16-24-5-4-12-33(24)27(35)15-23(31)14-21-13-22(30)9-6-19(21)3/h6-11,13,18,23-24,28H,4-5,12,14-17,31H2,1-3H3,(H,32,34)(H,36,37)/t23-,24+,28-/m1/s1. The number of hydrogen-bond donors (Lipinski definition) is 3. The molecule has 1 heterocycles. The summed E-state index contributed by atoms with van der Waals surface area (Å²) in [7, 11) is 0. The molecule has 1 fully saturated rings. The van der Waals surface area contributed by atoms with E-state index in [1.54, 1.807) is 49.1 Å². The fraction of sp³-hybridized carbons (Fsp3) is 0.483. The first-order valence-corrected chi connectivity index (χ1v) is 13.1. The molecule has 4 N–H and O–H groups in total. The zero-order chi connectivity index (χ0) is 27.8. The summed E-state index contributed by atoms with van der Waals surface area (Å²) < 4.78 is 19.1. The number of nitrogens with zero attached hydrogens (tertiary/aromatic N) is 1. The van der Waals surface area contributed by atoms with Crippen molar-refractivity contribution in [3.8, 4) is 5.75 Å². The highest BCUT2D eigenvalue weighted by Gasteiger charge is 2.31. The fourth-order valence-corrected chi connectivity index (χ4v) is 4.72. The van der Waals surface area contributed by atoms with Crippen LogP contribution < -0.4 is 15.8 Å². The van der Waals surface area contributed by atoms with Crippen molar-refractivity contribution in [3.05, 3.63) is 65.0 Å². The second kappa shape index (κ2) is 13.4. The Kier molecular flexibility index (Phi) is 10.2. The maximum atomic E-state index is 13.6. The molecule has 3 rings (SSSR count). The van der Waals surface area contributed by atoms with Crippen molar-refractivity contribution in [1.82, 2.24) is 10.2 Å². The number of rotatable bonds is 12. The topological polar surface area (TPSA) is 122 Å². The van der Waals surface area contributed by atoms with Crippen LogP contribution in [0.4, 0.5) is 4.39 Å². The quantitative estimate of drug-likeness (QED) is 0.388. The average molecular weight is 528 g/mol. The largest absolute Gasteiger partial charge is 0.478 e. The first kappa shape index (κ1) is 29.1. The Bertz CT molecular complexity index is 1120. The predicted octanol–water partition coefficient (Wildman–Crippen LogP) is 3.58. The number of carboxylic acids is 1.